The molecule has 0 N–H and O–H groups in total. The van der Waals surface area contributed by atoms with E-state index in [1.165, 1.54) is 27.7 Å². The molecular weight excluding hydrogens is 398 g/mol. The second kappa shape index (κ2) is 7.69. The molecule has 0 saturated heterocycles. The summed E-state index contributed by atoms with van der Waals surface area (Å²) >= 11 is 4.59. The zero-order valence-electron chi connectivity index (χ0n) is 15.0. The molecule has 5 nitrogen and oxygen atoms in total. The molecule has 0 bridgehead atoms. The zero-order chi connectivity index (χ0) is 19.0. The van der Waals surface area contributed by atoms with E-state index in [0.717, 1.165) is 21.8 Å². The number of thioether (sulfide) groups is 2. The van der Waals surface area contributed by atoms with Gasteiger partial charge in [0, 0.05) is 23.7 Å². The third kappa shape index (κ3) is 3.66. The van der Waals surface area contributed by atoms with E-state index >= 15 is 0 Å². The van der Waals surface area contributed by atoms with Crippen LogP contribution in [0.15, 0.2) is 50.6 Å². The van der Waals surface area contributed by atoms with Gasteiger partial charge < -0.3 is 4.90 Å². The Morgan fingerprint density at radius 2 is 2.15 bits per heavy atom. The predicted octanol–water partition coefficient (Wildman–Crippen LogP) is 4.00. The molecule has 0 unspecified atom stereocenters. The van der Waals surface area contributed by atoms with Gasteiger partial charge in [-0.3, -0.25) is 14.2 Å². The average molecular weight is 418 g/mol. The van der Waals surface area contributed by atoms with Crippen molar-refractivity contribution >= 4 is 56.7 Å². The topological polar surface area (TPSA) is 55.2 Å². The van der Waals surface area contributed by atoms with Crippen LogP contribution in [0.2, 0.25) is 0 Å². The molecule has 0 saturated carbocycles. The minimum absolute atomic E-state index is 0.0441. The number of thiophene rings is 1. The molecule has 0 spiro atoms. The molecule has 140 valence electrons. The van der Waals surface area contributed by atoms with Crippen molar-refractivity contribution in [1.82, 2.24) is 9.55 Å². The molecule has 8 heteroatoms. The van der Waals surface area contributed by atoms with Crippen LogP contribution < -0.4 is 10.5 Å². The van der Waals surface area contributed by atoms with Gasteiger partial charge in [0.2, 0.25) is 5.91 Å². The number of carbonyl (C=O) groups excluding carboxylic acids is 1. The number of para-hydroxylation sites is 1. The van der Waals surface area contributed by atoms with E-state index in [0.29, 0.717) is 22.3 Å². The highest BCUT2D eigenvalue weighted by molar-refractivity contribution is 8.00. The quantitative estimate of drug-likeness (QED) is 0.476. The van der Waals surface area contributed by atoms with Gasteiger partial charge in [-0.1, -0.05) is 30.8 Å². The summed E-state index contributed by atoms with van der Waals surface area (Å²) in [6, 6.07) is 9.86. The SMILES string of the molecule is C[C@@H]1CCN(C(=O)CSc2nc3sccc3c(=O)n2C)c2ccccc2S1. The molecule has 1 aliphatic rings. The maximum atomic E-state index is 13.0. The lowest BCUT2D eigenvalue weighted by Gasteiger charge is -2.22. The number of nitrogens with zero attached hydrogens (tertiary/aromatic N) is 3. The summed E-state index contributed by atoms with van der Waals surface area (Å²) in [6.45, 7) is 2.90. The minimum atomic E-state index is -0.0680. The van der Waals surface area contributed by atoms with Crippen LogP contribution in [0.5, 0.6) is 0 Å². The van der Waals surface area contributed by atoms with Crippen molar-refractivity contribution in [3.63, 3.8) is 0 Å². The lowest BCUT2D eigenvalue weighted by atomic mass is 10.2. The highest BCUT2D eigenvalue weighted by Gasteiger charge is 2.24. The first-order chi connectivity index (χ1) is 13.0. The number of benzene rings is 1. The smallest absolute Gasteiger partial charge is 0.262 e. The summed E-state index contributed by atoms with van der Waals surface area (Å²) in [5, 5.41) is 3.55. The second-order valence-corrected chi connectivity index (χ2v) is 9.73. The molecule has 4 rings (SSSR count). The number of hydrogen-bond acceptors (Lipinski definition) is 6. The average Bonchev–Trinajstić information content (AvgIpc) is 3.06. The first-order valence-corrected chi connectivity index (χ1v) is 11.4. The molecule has 0 aliphatic carbocycles. The molecule has 0 fully saturated rings. The lowest BCUT2D eigenvalue weighted by Crippen LogP contribution is -2.34. The first-order valence-electron chi connectivity index (χ1n) is 8.67. The highest BCUT2D eigenvalue weighted by atomic mass is 32.2. The van der Waals surface area contributed by atoms with Gasteiger partial charge in [0.1, 0.15) is 4.83 Å². The number of fused-ring (bicyclic) bond motifs is 2. The molecule has 27 heavy (non-hydrogen) atoms. The monoisotopic (exact) mass is 417 g/mol. The van der Waals surface area contributed by atoms with E-state index in [2.05, 4.69) is 18.0 Å². The Balaban J connectivity index is 1.56. The number of hydrogen-bond donors (Lipinski definition) is 0. The maximum absolute atomic E-state index is 13.0. The molecule has 1 atom stereocenters. The molecular formula is C19H19N3O2S3. The van der Waals surface area contributed by atoms with Gasteiger partial charge in [0.15, 0.2) is 5.16 Å². The fraction of sp³-hybridized carbons (Fsp3) is 0.316. The number of rotatable bonds is 3. The fourth-order valence-corrected chi connectivity index (χ4v) is 5.83. The van der Waals surface area contributed by atoms with Gasteiger partial charge in [-0.25, -0.2) is 4.98 Å². The third-order valence-electron chi connectivity index (χ3n) is 4.53. The summed E-state index contributed by atoms with van der Waals surface area (Å²) in [5.74, 6) is 0.299. The first kappa shape index (κ1) is 18.6. The summed E-state index contributed by atoms with van der Waals surface area (Å²) in [6.07, 6.45) is 0.952. The van der Waals surface area contributed by atoms with Gasteiger partial charge in [0.05, 0.1) is 16.8 Å². The standard InChI is InChI=1S/C19H19N3O2S3/c1-12-7-9-22(14-5-3-4-6-15(14)27-12)16(23)11-26-19-20-17-13(8-10-25-17)18(24)21(19)2/h3-6,8,10,12H,7,9,11H2,1-2H3/t12-/m1/s1. The van der Waals surface area contributed by atoms with Gasteiger partial charge in [-0.2, -0.15) is 0 Å². The van der Waals surface area contributed by atoms with Gasteiger partial charge in [-0.15, -0.1) is 23.1 Å². The number of carbonyl (C=O) groups is 1. The molecule has 1 aromatic carbocycles. The van der Waals surface area contributed by atoms with Gasteiger partial charge in [-0.05, 0) is 30.0 Å². The molecule has 3 aromatic rings. The largest absolute Gasteiger partial charge is 0.311 e. The number of aromatic nitrogens is 2. The molecule has 3 heterocycles. The van der Waals surface area contributed by atoms with Crippen molar-refractivity contribution in [1.29, 1.82) is 0 Å². The van der Waals surface area contributed by atoms with Crippen LogP contribution in [0, 0.1) is 0 Å². The van der Waals surface area contributed by atoms with Crippen LogP contribution in [0.4, 0.5) is 5.69 Å². The molecule has 1 amide bonds. The predicted molar refractivity (Wildman–Crippen MR) is 114 cm³/mol. The Morgan fingerprint density at radius 3 is 3.00 bits per heavy atom. The van der Waals surface area contributed by atoms with Gasteiger partial charge >= 0.3 is 0 Å². The molecule has 1 aliphatic heterocycles. The summed E-state index contributed by atoms with van der Waals surface area (Å²) in [7, 11) is 1.71. The van der Waals surface area contributed by atoms with E-state index in [1.807, 2.05) is 40.2 Å². The Hall–Kier alpha value is -1.77. The Kier molecular flexibility index (Phi) is 5.29. The van der Waals surface area contributed by atoms with Crippen LogP contribution in [0.1, 0.15) is 13.3 Å². The van der Waals surface area contributed by atoms with E-state index in [1.54, 1.807) is 13.1 Å². The molecule has 0 radical (unpaired) electrons. The van der Waals surface area contributed by atoms with E-state index < -0.39 is 0 Å². The van der Waals surface area contributed by atoms with Crippen molar-refractivity contribution in [2.24, 2.45) is 7.05 Å². The number of amides is 1. The summed E-state index contributed by atoms with van der Waals surface area (Å²) in [4.78, 5) is 33.7. The van der Waals surface area contributed by atoms with Crippen molar-refractivity contribution in [3.8, 4) is 0 Å². The number of anilines is 1. The summed E-state index contributed by atoms with van der Waals surface area (Å²) in [5.41, 5.74) is 0.912. The van der Waals surface area contributed by atoms with Crippen molar-refractivity contribution < 1.29 is 4.79 Å². The van der Waals surface area contributed by atoms with Crippen LogP contribution in [0.3, 0.4) is 0 Å². The van der Waals surface area contributed by atoms with Gasteiger partial charge in [0.25, 0.3) is 5.56 Å². The summed E-state index contributed by atoms with van der Waals surface area (Å²) < 4.78 is 1.53. The van der Waals surface area contributed by atoms with E-state index in [-0.39, 0.29) is 17.2 Å². The van der Waals surface area contributed by atoms with Crippen LogP contribution in [-0.2, 0) is 11.8 Å². The fourth-order valence-electron chi connectivity index (χ4n) is 3.06. The Labute approximate surface area is 169 Å². The Bertz CT molecular complexity index is 1060. The van der Waals surface area contributed by atoms with Crippen molar-refractivity contribution in [2.75, 3.05) is 17.2 Å². The van der Waals surface area contributed by atoms with Crippen LogP contribution in [0.25, 0.3) is 10.2 Å². The maximum Gasteiger partial charge on any atom is 0.262 e. The molecule has 2 aromatic heterocycles. The van der Waals surface area contributed by atoms with E-state index in [4.69, 9.17) is 0 Å². The third-order valence-corrected chi connectivity index (χ3v) is 7.59. The minimum Gasteiger partial charge on any atom is -0.311 e. The van der Waals surface area contributed by atoms with E-state index in [9.17, 15) is 9.59 Å². The van der Waals surface area contributed by atoms with Crippen LogP contribution >= 0.6 is 34.9 Å². The Morgan fingerprint density at radius 1 is 1.33 bits per heavy atom. The zero-order valence-corrected chi connectivity index (χ0v) is 17.5. The normalized spacial score (nSPS) is 17.0. The van der Waals surface area contributed by atoms with Crippen molar-refractivity contribution in [2.45, 2.75) is 28.6 Å². The lowest BCUT2D eigenvalue weighted by molar-refractivity contribution is -0.116. The van der Waals surface area contributed by atoms with Crippen LogP contribution in [-0.4, -0.2) is 33.0 Å². The highest BCUT2D eigenvalue weighted by Crippen LogP contribution is 2.37. The second-order valence-electron chi connectivity index (χ2n) is 6.42. The van der Waals surface area contributed by atoms with Crippen molar-refractivity contribution in [3.05, 3.63) is 46.1 Å².